The first-order valence-corrected chi connectivity index (χ1v) is 19.6. The number of rotatable bonds is 5. The van der Waals surface area contributed by atoms with E-state index >= 15 is 0 Å². The molecule has 0 aliphatic carbocycles. The molecule has 0 atom stereocenters. The molecule has 2 aromatic carbocycles. The minimum Gasteiger partial charge on any atom is -0.748 e. The second-order valence-electron chi connectivity index (χ2n) is 14.9. The predicted molar refractivity (Wildman–Crippen MR) is 167 cm³/mol. The van der Waals surface area contributed by atoms with Crippen LogP contribution in [-0.2, 0) is 29.4 Å². The average molecular weight is 575 g/mol. The molecule has 0 aliphatic rings. The van der Waals surface area contributed by atoms with Gasteiger partial charge in [0.2, 0.25) is 0 Å². The number of hydrogen-bond acceptors (Lipinski definition) is 0. The van der Waals surface area contributed by atoms with E-state index in [4.69, 9.17) is 0 Å². The van der Waals surface area contributed by atoms with Crippen molar-refractivity contribution in [1.29, 1.82) is 0 Å². The molecule has 0 bridgehead atoms. The molecule has 0 amide bonds. The summed E-state index contributed by atoms with van der Waals surface area (Å²) in [5, 5.41) is 3.17. The standard InChI is InChI=1S/C26H51P2Si.C5H5.Fe/c1-23(2,3)27(24(4,5)6)18-20-16-22(29(13,14)15)17-21(20)19-28(25(7,8)9)26(10,11)12;1-2-4-5-3-1;/h16-17H,18-19H2,1-15H3;1-5H;/q-1;-5;. The van der Waals surface area contributed by atoms with Crippen molar-refractivity contribution in [2.45, 2.75) is 136 Å². The Morgan fingerprint density at radius 2 is 1.00 bits per heavy atom. The zero-order valence-electron chi connectivity index (χ0n) is 25.7. The Bertz CT molecular complexity index is 748. The first-order valence-electron chi connectivity index (χ1n) is 13.1. The summed E-state index contributed by atoms with van der Waals surface area (Å²) in [6, 6.07) is 15.3. The van der Waals surface area contributed by atoms with Gasteiger partial charge in [-0.3, -0.25) is 0 Å². The summed E-state index contributed by atoms with van der Waals surface area (Å²) in [6.07, 6.45) is 2.55. The van der Waals surface area contributed by atoms with Crippen molar-refractivity contribution in [2.24, 2.45) is 0 Å². The molecule has 4 heteroatoms. The van der Waals surface area contributed by atoms with E-state index in [1.54, 1.807) is 16.3 Å². The molecule has 2 aromatic rings. The van der Waals surface area contributed by atoms with Crippen molar-refractivity contribution in [1.82, 2.24) is 0 Å². The van der Waals surface area contributed by atoms with Crippen LogP contribution in [0.15, 0.2) is 42.5 Å². The van der Waals surface area contributed by atoms with Crippen molar-refractivity contribution in [3.8, 4) is 0 Å². The maximum absolute atomic E-state index is 2.63. The molecule has 0 saturated heterocycles. The van der Waals surface area contributed by atoms with E-state index in [1.165, 1.54) is 12.3 Å². The summed E-state index contributed by atoms with van der Waals surface area (Å²) in [7, 11) is -1.55. The van der Waals surface area contributed by atoms with Crippen LogP contribution in [0.5, 0.6) is 0 Å². The summed E-state index contributed by atoms with van der Waals surface area (Å²) in [5.41, 5.74) is 3.36. The topological polar surface area (TPSA) is 0 Å². The molecule has 0 saturated carbocycles. The Hall–Kier alpha value is 0.296. The van der Waals surface area contributed by atoms with Gasteiger partial charge in [0.15, 0.2) is 0 Å². The summed E-state index contributed by atoms with van der Waals surface area (Å²) < 4.78 is 0. The monoisotopic (exact) mass is 574 g/mol. The fourth-order valence-corrected chi connectivity index (χ4v) is 13.4. The SMILES string of the molecule is CC(C)(C)P(Cc1cc([Si](C)(C)C)c[c-]1CP(C(C)(C)C)C(C)(C)C)C(C)(C)C.[Fe].[cH-]1[cH-][cH-][cH-][cH-]1. The zero-order valence-corrected chi connectivity index (χ0v) is 29.6. The molecule has 0 spiro atoms. The molecule has 0 N–H and O–H groups in total. The summed E-state index contributed by atoms with van der Waals surface area (Å²) in [4.78, 5) is 0. The fourth-order valence-electron chi connectivity index (χ4n) is 4.95. The first-order chi connectivity index (χ1) is 15.0. The van der Waals surface area contributed by atoms with E-state index in [0.717, 1.165) is 0 Å². The quantitative estimate of drug-likeness (QED) is 0.189. The Labute approximate surface area is 234 Å². The molecule has 0 fully saturated rings. The van der Waals surface area contributed by atoms with E-state index in [0.29, 0.717) is 20.6 Å². The average Bonchev–Trinajstić information content (AvgIpc) is 3.26. The molecule has 35 heavy (non-hydrogen) atoms. The van der Waals surface area contributed by atoms with Gasteiger partial charge in [0.1, 0.15) is 0 Å². The fraction of sp³-hybridized carbons (Fsp3) is 0.677. The normalized spacial score (nSPS) is 13.5. The van der Waals surface area contributed by atoms with Crippen LogP contribution in [0.3, 0.4) is 0 Å². The van der Waals surface area contributed by atoms with Gasteiger partial charge in [-0.15, -0.1) is 13.5 Å². The molecule has 2 rings (SSSR count). The van der Waals surface area contributed by atoms with Crippen LogP contribution in [0.2, 0.25) is 19.6 Å². The largest absolute Gasteiger partial charge is 0.748 e. The molecule has 0 heterocycles. The third-order valence-corrected chi connectivity index (χ3v) is 16.2. The molecular formula is C31H56FeP2Si-6. The minimum absolute atomic E-state index is 0. The third-order valence-electron chi connectivity index (χ3n) is 6.39. The Morgan fingerprint density at radius 3 is 1.29 bits per heavy atom. The summed E-state index contributed by atoms with van der Waals surface area (Å²) in [5.74, 6) is 0. The van der Waals surface area contributed by atoms with Gasteiger partial charge < -0.3 is 30.3 Å². The van der Waals surface area contributed by atoms with E-state index in [2.05, 4.69) is 115 Å². The van der Waals surface area contributed by atoms with Crippen molar-refractivity contribution in [3.05, 3.63) is 53.6 Å². The van der Waals surface area contributed by atoms with Crippen LogP contribution in [0.25, 0.3) is 0 Å². The third kappa shape index (κ3) is 11.7. The molecule has 0 aliphatic heterocycles. The van der Waals surface area contributed by atoms with Gasteiger partial charge >= 0.3 is 0 Å². The van der Waals surface area contributed by atoms with Gasteiger partial charge in [0.05, 0.1) is 0 Å². The maximum atomic E-state index is 2.63. The molecule has 0 radical (unpaired) electrons. The maximum Gasteiger partial charge on any atom is 0.00394 e. The second-order valence-corrected chi connectivity index (χ2v) is 27.7. The van der Waals surface area contributed by atoms with Gasteiger partial charge in [-0.25, -0.2) is 11.3 Å². The molecule has 0 aromatic heterocycles. The van der Waals surface area contributed by atoms with E-state index in [-0.39, 0.29) is 32.9 Å². The van der Waals surface area contributed by atoms with Crippen LogP contribution in [0.4, 0.5) is 0 Å². The molecular weight excluding hydrogens is 518 g/mol. The van der Waals surface area contributed by atoms with Gasteiger partial charge in [-0.2, -0.15) is 11.6 Å². The smallest absolute Gasteiger partial charge is 0.00394 e. The van der Waals surface area contributed by atoms with Crippen molar-refractivity contribution in [3.63, 3.8) is 0 Å². The van der Waals surface area contributed by atoms with Crippen molar-refractivity contribution in [2.75, 3.05) is 0 Å². The Balaban J connectivity index is 0.00000170. The van der Waals surface area contributed by atoms with Crippen molar-refractivity contribution >= 4 is 29.1 Å². The second kappa shape index (κ2) is 12.9. The van der Waals surface area contributed by atoms with E-state index in [1.807, 2.05) is 30.3 Å². The van der Waals surface area contributed by atoms with Gasteiger partial charge in [0.25, 0.3) is 0 Å². The van der Waals surface area contributed by atoms with Crippen LogP contribution in [0.1, 0.15) is 94.2 Å². The van der Waals surface area contributed by atoms with Crippen molar-refractivity contribution < 1.29 is 17.1 Å². The van der Waals surface area contributed by atoms with Crippen LogP contribution in [-0.4, -0.2) is 28.7 Å². The summed E-state index contributed by atoms with van der Waals surface area (Å²) in [6.45, 7) is 37.0. The first kappa shape index (κ1) is 35.3. The van der Waals surface area contributed by atoms with Gasteiger partial charge in [-0.05, 0) is 26.8 Å². The van der Waals surface area contributed by atoms with Crippen LogP contribution in [0, 0.1) is 0 Å². The zero-order chi connectivity index (χ0) is 26.8. The van der Waals surface area contributed by atoms with Gasteiger partial charge in [0, 0.05) is 25.1 Å². The summed E-state index contributed by atoms with van der Waals surface area (Å²) >= 11 is 0. The van der Waals surface area contributed by atoms with E-state index in [9.17, 15) is 0 Å². The molecule has 208 valence electrons. The minimum atomic E-state index is -1.32. The van der Waals surface area contributed by atoms with Crippen LogP contribution < -0.4 is 5.19 Å². The molecule has 0 unspecified atom stereocenters. The van der Waals surface area contributed by atoms with Crippen LogP contribution >= 0.6 is 15.8 Å². The number of hydrogen-bond donors (Lipinski definition) is 0. The molecule has 0 nitrogen and oxygen atoms in total. The van der Waals surface area contributed by atoms with E-state index < -0.39 is 8.07 Å². The Kier molecular flexibility index (Phi) is 13.0. The Morgan fingerprint density at radius 1 is 0.657 bits per heavy atom. The predicted octanol–water partition coefficient (Wildman–Crippen LogP) is 10.5. The van der Waals surface area contributed by atoms with Gasteiger partial charge in [-0.1, -0.05) is 117 Å².